The second kappa shape index (κ2) is 6.19. The van der Waals surface area contributed by atoms with Crippen LogP contribution in [0.4, 0.5) is 0 Å². The summed E-state index contributed by atoms with van der Waals surface area (Å²) in [5.41, 5.74) is 0. The van der Waals surface area contributed by atoms with Gasteiger partial charge in [0.15, 0.2) is 0 Å². The summed E-state index contributed by atoms with van der Waals surface area (Å²) in [4.78, 5) is 0. The Labute approximate surface area is 89.1 Å². The maximum atomic E-state index is 11.8. The van der Waals surface area contributed by atoms with Crippen LogP contribution in [0.15, 0.2) is 0 Å². The van der Waals surface area contributed by atoms with Crippen LogP contribution in [0.2, 0.25) is 0 Å². The van der Waals surface area contributed by atoms with E-state index >= 15 is 0 Å². The van der Waals surface area contributed by atoms with Crippen molar-refractivity contribution >= 4 is 10.8 Å². The molecule has 0 N–H and O–H groups in total. The fourth-order valence-electron chi connectivity index (χ4n) is 2.08. The second-order valence-electron chi connectivity index (χ2n) is 4.24. The first-order valence-corrected chi connectivity index (χ1v) is 6.86. The van der Waals surface area contributed by atoms with Crippen molar-refractivity contribution < 1.29 is 4.21 Å². The smallest absolute Gasteiger partial charge is 0.0622 e. The normalized spacial score (nSPS) is 29.4. The predicted octanol–water partition coefficient (Wildman–Crippen LogP) is 2.62. The van der Waals surface area contributed by atoms with Gasteiger partial charge in [-0.05, 0) is 25.2 Å². The maximum absolute atomic E-state index is 11.8. The zero-order valence-corrected chi connectivity index (χ0v) is 9.68. The summed E-state index contributed by atoms with van der Waals surface area (Å²) >= 11 is 0. The van der Waals surface area contributed by atoms with E-state index in [-0.39, 0.29) is 0 Å². The molecule has 0 amide bonds. The molecule has 3 heteroatoms. The second-order valence-corrected chi connectivity index (χ2v) is 6.08. The summed E-state index contributed by atoms with van der Waals surface area (Å²) < 4.78 is 11.8. The monoisotopic (exact) mass is 213 g/mol. The van der Waals surface area contributed by atoms with Crippen LogP contribution < -0.4 is 0 Å². The summed E-state index contributed by atoms with van der Waals surface area (Å²) in [6.45, 7) is 2.25. The highest BCUT2D eigenvalue weighted by molar-refractivity contribution is 7.85. The third kappa shape index (κ3) is 3.79. The first-order valence-electron chi connectivity index (χ1n) is 5.48. The van der Waals surface area contributed by atoms with Crippen molar-refractivity contribution in [1.82, 2.24) is 0 Å². The Morgan fingerprint density at radius 2 is 2.29 bits per heavy atom. The van der Waals surface area contributed by atoms with Crippen molar-refractivity contribution in [2.24, 2.45) is 5.92 Å². The van der Waals surface area contributed by atoms with Gasteiger partial charge in [-0.2, -0.15) is 5.26 Å². The van der Waals surface area contributed by atoms with Gasteiger partial charge < -0.3 is 0 Å². The van der Waals surface area contributed by atoms with Crippen LogP contribution >= 0.6 is 0 Å². The molecule has 0 saturated heterocycles. The summed E-state index contributed by atoms with van der Waals surface area (Å²) in [5.74, 6) is 1.47. The lowest BCUT2D eigenvalue weighted by atomic mass is 9.91. The van der Waals surface area contributed by atoms with E-state index in [0.717, 1.165) is 30.9 Å². The van der Waals surface area contributed by atoms with Crippen LogP contribution in [-0.2, 0) is 10.8 Å². The molecule has 80 valence electrons. The van der Waals surface area contributed by atoms with Gasteiger partial charge in [0.2, 0.25) is 0 Å². The van der Waals surface area contributed by atoms with Crippen LogP contribution in [-0.4, -0.2) is 15.2 Å². The molecule has 1 saturated carbocycles. The summed E-state index contributed by atoms with van der Waals surface area (Å²) in [5, 5.41) is 8.80. The molecule has 0 radical (unpaired) electrons. The molecule has 1 aliphatic rings. The molecule has 3 atom stereocenters. The number of nitrogens with zero attached hydrogens (tertiary/aromatic N) is 1. The Morgan fingerprint density at radius 1 is 1.50 bits per heavy atom. The molecule has 0 aromatic heterocycles. The van der Waals surface area contributed by atoms with E-state index in [1.807, 2.05) is 0 Å². The Bertz CT molecular complexity index is 234. The molecule has 3 unspecified atom stereocenters. The SMILES string of the molecule is CC1CCCC(S(=O)CCCC#N)C1. The van der Waals surface area contributed by atoms with Crippen LogP contribution in [0, 0.1) is 17.2 Å². The van der Waals surface area contributed by atoms with Gasteiger partial charge in [0.25, 0.3) is 0 Å². The fraction of sp³-hybridized carbons (Fsp3) is 0.909. The third-order valence-electron chi connectivity index (χ3n) is 2.89. The van der Waals surface area contributed by atoms with Crippen molar-refractivity contribution in [3.63, 3.8) is 0 Å². The van der Waals surface area contributed by atoms with Crippen molar-refractivity contribution in [2.75, 3.05) is 5.75 Å². The first-order chi connectivity index (χ1) is 6.74. The highest BCUT2D eigenvalue weighted by Gasteiger charge is 2.23. The molecule has 1 rings (SSSR count). The van der Waals surface area contributed by atoms with E-state index in [0.29, 0.717) is 11.7 Å². The van der Waals surface area contributed by atoms with E-state index in [1.165, 1.54) is 12.8 Å². The lowest BCUT2D eigenvalue weighted by Crippen LogP contribution is -2.24. The topological polar surface area (TPSA) is 40.9 Å². The third-order valence-corrected chi connectivity index (χ3v) is 4.76. The lowest BCUT2D eigenvalue weighted by molar-refractivity contribution is 0.389. The average Bonchev–Trinajstić information content (AvgIpc) is 2.18. The van der Waals surface area contributed by atoms with E-state index in [4.69, 9.17) is 5.26 Å². The molecule has 0 aromatic carbocycles. The van der Waals surface area contributed by atoms with Crippen molar-refractivity contribution in [2.45, 2.75) is 50.7 Å². The summed E-state index contributed by atoms with van der Waals surface area (Å²) in [6.07, 6.45) is 6.13. The van der Waals surface area contributed by atoms with E-state index in [2.05, 4.69) is 13.0 Å². The fourth-order valence-corrected chi connectivity index (χ4v) is 3.81. The highest BCUT2D eigenvalue weighted by Crippen LogP contribution is 2.27. The summed E-state index contributed by atoms with van der Waals surface area (Å²) in [6, 6.07) is 2.10. The maximum Gasteiger partial charge on any atom is 0.0622 e. The highest BCUT2D eigenvalue weighted by atomic mass is 32.2. The Kier molecular flexibility index (Phi) is 5.17. The van der Waals surface area contributed by atoms with Crippen molar-refractivity contribution in [1.29, 1.82) is 5.26 Å². The minimum atomic E-state index is -0.680. The number of rotatable bonds is 4. The molecular weight excluding hydrogens is 194 g/mol. The average molecular weight is 213 g/mol. The van der Waals surface area contributed by atoms with Crippen LogP contribution in [0.3, 0.4) is 0 Å². The minimum absolute atomic E-state index is 0.414. The van der Waals surface area contributed by atoms with Gasteiger partial charge in [0, 0.05) is 28.2 Å². The van der Waals surface area contributed by atoms with E-state index in [9.17, 15) is 4.21 Å². The van der Waals surface area contributed by atoms with Gasteiger partial charge >= 0.3 is 0 Å². The molecule has 0 bridgehead atoms. The number of hydrogen-bond acceptors (Lipinski definition) is 2. The lowest BCUT2D eigenvalue weighted by Gasteiger charge is -2.25. The minimum Gasteiger partial charge on any atom is -0.259 e. The van der Waals surface area contributed by atoms with Crippen LogP contribution in [0.25, 0.3) is 0 Å². The molecular formula is C11H19NOS. The van der Waals surface area contributed by atoms with Crippen molar-refractivity contribution in [3.05, 3.63) is 0 Å². The van der Waals surface area contributed by atoms with Gasteiger partial charge in [-0.25, -0.2) is 0 Å². The standard InChI is InChI=1S/C11H19NOS/c1-10-5-4-6-11(9-10)14(13)8-3-2-7-12/h10-11H,2-6,8-9H2,1H3. The predicted molar refractivity (Wildman–Crippen MR) is 59.3 cm³/mol. The zero-order chi connectivity index (χ0) is 10.4. The van der Waals surface area contributed by atoms with Crippen molar-refractivity contribution in [3.8, 4) is 6.07 Å². The van der Waals surface area contributed by atoms with Gasteiger partial charge in [-0.1, -0.05) is 19.8 Å². The zero-order valence-electron chi connectivity index (χ0n) is 8.87. The van der Waals surface area contributed by atoms with Gasteiger partial charge in [-0.3, -0.25) is 4.21 Å². The van der Waals surface area contributed by atoms with Crippen LogP contribution in [0.5, 0.6) is 0 Å². The van der Waals surface area contributed by atoms with Gasteiger partial charge in [0.05, 0.1) is 6.07 Å². The molecule has 0 spiro atoms. The van der Waals surface area contributed by atoms with Gasteiger partial charge in [0.1, 0.15) is 0 Å². The largest absolute Gasteiger partial charge is 0.259 e. The van der Waals surface area contributed by atoms with E-state index < -0.39 is 10.8 Å². The number of nitriles is 1. The molecule has 0 aromatic rings. The molecule has 0 aliphatic heterocycles. The first kappa shape index (κ1) is 11.7. The molecule has 1 aliphatic carbocycles. The van der Waals surface area contributed by atoms with E-state index in [1.54, 1.807) is 0 Å². The number of hydrogen-bond donors (Lipinski definition) is 0. The molecule has 0 heterocycles. The Morgan fingerprint density at radius 3 is 2.93 bits per heavy atom. The van der Waals surface area contributed by atoms with Crippen LogP contribution in [0.1, 0.15) is 45.4 Å². The molecule has 14 heavy (non-hydrogen) atoms. The Hall–Kier alpha value is -0.360. The molecule has 2 nitrogen and oxygen atoms in total. The summed E-state index contributed by atoms with van der Waals surface area (Å²) in [7, 11) is -0.680. The number of unbranched alkanes of at least 4 members (excludes halogenated alkanes) is 1. The Balaban J connectivity index is 2.26. The quantitative estimate of drug-likeness (QED) is 0.674. The molecule has 1 fully saturated rings. The van der Waals surface area contributed by atoms with Gasteiger partial charge in [-0.15, -0.1) is 0 Å².